The second-order valence-corrected chi connectivity index (χ2v) is 8.57. The number of amides is 1. The van der Waals surface area contributed by atoms with Crippen LogP contribution in [0.1, 0.15) is 20.7 Å². The molecule has 2 aromatic rings. The van der Waals surface area contributed by atoms with Gasteiger partial charge >= 0.3 is 5.97 Å². The van der Waals surface area contributed by atoms with E-state index in [4.69, 9.17) is 9.47 Å². The van der Waals surface area contributed by atoms with Gasteiger partial charge in [-0.25, -0.2) is 22.0 Å². The van der Waals surface area contributed by atoms with Crippen molar-refractivity contribution in [3.8, 4) is 5.75 Å². The van der Waals surface area contributed by atoms with E-state index in [2.05, 4.69) is 10.1 Å². The number of nitrogens with one attached hydrogen (secondary N) is 1. The molecule has 0 aromatic heterocycles. The largest absolute Gasteiger partial charge is 0.496 e. The summed E-state index contributed by atoms with van der Waals surface area (Å²) in [5, 5.41) is 2.21. The fourth-order valence-electron chi connectivity index (χ4n) is 3.06. The number of nitrogens with zero attached hydrogens (tertiary/aromatic N) is 1. The smallest absolute Gasteiger partial charge is 0.340 e. The summed E-state index contributed by atoms with van der Waals surface area (Å²) in [6.45, 7) is 0.810. The molecular weight excluding hydrogens is 450 g/mol. The quantitative estimate of drug-likeness (QED) is 0.643. The van der Waals surface area contributed by atoms with Gasteiger partial charge in [-0.05, 0) is 24.3 Å². The fraction of sp³-hybridized carbons (Fsp3) is 0.300. The second-order valence-electron chi connectivity index (χ2n) is 6.64. The van der Waals surface area contributed by atoms with Gasteiger partial charge in [0.1, 0.15) is 17.4 Å². The number of sulfonamides is 1. The molecule has 172 valence electrons. The summed E-state index contributed by atoms with van der Waals surface area (Å²) in [6, 6.07) is 4.90. The molecule has 0 aliphatic carbocycles. The number of halogens is 2. The van der Waals surface area contributed by atoms with Crippen molar-refractivity contribution in [2.24, 2.45) is 0 Å². The predicted octanol–water partition coefficient (Wildman–Crippen LogP) is 2.03. The first-order chi connectivity index (χ1) is 15.2. The van der Waals surface area contributed by atoms with E-state index < -0.39 is 44.8 Å². The minimum absolute atomic E-state index is 0.0270. The third-order valence-corrected chi connectivity index (χ3v) is 6.63. The molecule has 1 aliphatic heterocycles. The van der Waals surface area contributed by atoms with Crippen LogP contribution in [0.3, 0.4) is 0 Å². The van der Waals surface area contributed by atoms with Gasteiger partial charge < -0.3 is 19.5 Å². The Morgan fingerprint density at radius 2 is 1.72 bits per heavy atom. The monoisotopic (exact) mass is 470 g/mol. The maximum atomic E-state index is 14.2. The topological polar surface area (TPSA) is 111 Å². The van der Waals surface area contributed by atoms with Crippen LogP contribution in [0.5, 0.6) is 5.75 Å². The van der Waals surface area contributed by atoms with E-state index in [1.165, 1.54) is 23.5 Å². The molecule has 0 atom stereocenters. The van der Waals surface area contributed by atoms with E-state index in [1.807, 2.05) is 0 Å². The highest BCUT2D eigenvalue weighted by molar-refractivity contribution is 7.89. The lowest BCUT2D eigenvalue weighted by molar-refractivity contribution is 0.0595. The molecule has 1 heterocycles. The van der Waals surface area contributed by atoms with Gasteiger partial charge in [0.25, 0.3) is 5.91 Å². The molecule has 12 heteroatoms. The van der Waals surface area contributed by atoms with Crippen molar-refractivity contribution < 1.29 is 41.0 Å². The molecule has 0 saturated carbocycles. The number of hydrogen-bond acceptors (Lipinski definition) is 7. The molecule has 0 spiro atoms. The number of carbonyl (C=O) groups excluding carboxylic acids is 2. The molecule has 9 nitrogen and oxygen atoms in total. The van der Waals surface area contributed by atoms with Gasteiger partial charge in [-0.2, -0.15) is 4.31 Å². The Hall–Kier alpha value is -3.09. The Morgan fingerprint density at radius 3 is 2.34 bits per heavy atom. The lowest BCUT2D eigenvalue weighted by Crippen LogP contribution is -2.40. The number of esters is 1. The summed E-state index contributed by atoms with van der Waals surface area (Å²) in [5.41, 5.74) is -1.29. The third kappa shape index (κ3) is 4.71. The van der Waals surface area contributed by atoms with E-state index in [0.717, 1.165) is 19.2 Å². The van der Waals surface area contributed by atoms with Crippen molar-refractivity contribution in [2.45, 2.75) is 4.90 Å². The zero-order valence-corrected chi connectivity index (χ0v) is 18.0. The Balaban J connectivity index is 1.96. The van der Waals surface area contributed by atoms with Crippen molar-refractivity contribution in [2.75, 3.05) is 45.8 Å². The maximum Gasteiger partial charge on any atom is 0.340 e. The van der Waals surface area contributed by atoms with Crippen LogP contribution >= 0.6 is 0 Å². The van der Waals surface area contributed by atoms with Crippen molar-refractivity contribution in [1.82, 2.24) is 4.31 Å². The van der Waals surface area contributed by atoms with Crippen LogP contribution in [0.25, 0.3) is 0 Å². The van der Waals surface area contributed by atoms with Crippen molar-refractivity contribution >= 4 is 27.6 Å². The lowest BCUT2D eigenvalue weighted by atomic mass is 10.1. The lowest BCUT2D eigenvalue weighted by Gasteiger charge is -2.26. The van der Waals surface area contributed by atoms with Gasteiger partial charge in [0.2, 0.25) is 10.0 Å². The number of methoxy groups -OCH3 is 2. The van der Waals surface area contributed by atoms with Crippen LogP contribution in [-0.4, -0.2) is 65.1 Å². The summed E-state index contributed by atoms with van der Waals surface area (Å²) in [6.07, 6.45) is 0. The summed E-state index contributed by atoms with van der Waals surface area (Å²) in [7, 11) is -1.62. The van der Waals surface area contributed by atoms with Gasteiger partial charge in [-0.3, -0.25) is 4.79 Å². The highest BCUT2D eigenvalue weighted by Crippen LogP contribution is 2.27. The molecule has 2 aromatic carbocycles. The first kappa shape index (κ1) is 23.6. The summed E-state index contributed by atoms with van der Waals surface area (Å²) >= 11 is 0. The molecule has 0 bridgehead atoms. The van der Waals surface area contributed by atoms with Crippen molar-refractivity contribution in [1.29, 1.82) is 0 Å². The Morgan fingerprint density at radius 1 is 1.03 bits per heavy atom. The minimum atomic E-state index is -3.92. The van der Waals surface area contributed by atoms with Crippen molar-refractivity contribution in [3.05, 3.63) is 53.1 Å². The van der Waals surface area contributed by atoms with Crippen LogP contribution in [0, 0.1) is 11.6 Å². The van der Waals surface area contributed by atoms with Gasteiger partial charge in [0, 0.05) is 19.2 Å². The van der Waals surface area contributed by atoms with Crippen LogP contribution in [0.4, 0.5) is 14.5 Å². The number of carbonyl (C=O) groups is 2. The molecule has 1 aliphatic rings. The summed E-state index contributed by atoms with van der Waals surface area (Å²) < 4.78 is 69.8. The summed E-state index contributed by atoms with van der Waals surface area (Å²) in [4.78, 5) is 24.3. The highest BCUT2D eigenvalue weighted by atomic mass is 32.2. The normalized spacial score (nSPS) is 14.6. The molecule has 0 unspecified atom stereocenters. The molecule has 1 N–H and O–H groups in total. The third-order valence-electron chi connectivity index (χ3n) is 4.73. The second kappa shape index (κ2) is 9.59. The average molecular weight is 470 g/mol. The van der Waals surface area contributed by atoms with Gasteiger partial charge in [-0.1, -0.05) is 0 Å². The first-order valence-electron chi connectivity index (χ1n) is 9.33. The molecule has 1 amide bonds. The minimum Gasteiger partial charge on any atom is -0.496 e. The predicted molar refractivity (Wildman–Crippen MR) is 108 cm³/mol. The number of morpholine rings is 1. The van der Waals surface area contributed by atoms with Crippen LogP contribution in [0.15, 0.2) is 35.2 Å². The molecule has 0 radical (unpaired) electrons. The Bertz CT molecular complexity index is 1150. The first-order valence-corrected chi connectivity index (χ1v) is 10.8. The molecular formula is C20H20F2N2O7S. The molecule has 1 fully saturated rings. The van der Waals surface area contributed by atoms with Crippen LogP contribution in [0.2, 0.25) is 0 Å². The van der Waals surface area contributed by atoms with E-state index in [9.17, 15) is 26.8 Å². The highest BCUT2D eigenvalue weighted by Gasteiger charge is 2.28. The van der Waals surface area contributed by atoms with E-state index in [-0.39, 0.29) is 42.5 Å². The Kier molecular flexibility index (Phi) is 7.06. The number of anilines is 1. The number of hydrogen-bond donors (Lipinski definition) is 1. The molecule has 32 heavy (non-hydrogen) atoms. The molecule has 3 rings (SSSR count). The van der Waals surface area contributed by atoms with Gasteiger partial charge in [-0.15, -0.1) is 0 Å². The van der Waals surface area contributed by atoms with E-state index in [1.54, 1.807) is 0 Å². The van der Waals surface area contributed by atoms with Crippen LogP contribution in [-0.2, 0) is 19.5 Å². The van der Waals surface area contributed by atoms with Crippen molar-refractivity contribution in [3.63, 3.8) is 0 Å². The van der Waals surface area contributed by atoms with E-state index >= 15 is 0 Å². The number of ether oxygens (including phenoxy) is 3. The van der Waals surface area contributed by atoms with Crippen LogP contribution < -0.4 is 10.1 Å². The van der Waals surface area contributed by atoms with E-state index in [0.29, 0.717) is 6.07 Å². The van der Waals surface area contributed by atoms with Gasteiger partial charge in [0.15, 0.2) is 0 Å². The number of rotatable bonds is 6. The molecule has 1 saturated heterocycles. The SMILES string of the molecule is COC(=O)c1cc(NC(=O)c2cc(S(=O)(=O)N3CCOCC3)ccc2OC)c(F)cc1F. The number of benzene rings is 2. The summed E-state index contributed by atoms with van der Waals surface area (Å²) in [5.74, 6) is -4.27. The zero-order valence-electron chi connectivity index (χ0n) is 17.2. The van der Waals surface area contributed by atoms with Gasteiger partial charge in [0.05, 0.1) is 49.1 Å². The fourth-order valence-corrected chi connectivity index (χ4v) is 4.50. The maximum absolute atomic E-state index is 14.2. The standard InChI is InChI=1S/C20H20F2N2O7S/c1-29-18-4-3-12(32(27,28)24-5-7-31-8-6-24)9-14(18)19(25)23-17-10-13(20(26)30-2)15(21)11-16(17)22/h3-4,9-11H,5-8H2,1-2H3,(H,23,25). The Labute approximate surface area is 182 Å². The zero-order chi connectivity index (χ0) is 23.5. The average Bonchev–Trinajstić information content (AvgIpc) is 2.80.